The van der Waals surface area contributed by atoms with E-state index in [2.05, 4.69) is 5.32 Å². The highest BCUT2D eigenvalue weighted by Crippen LogP contribution is 2.17. The molecule has 0 bridgehead atoms. The average Bonchev–Trinajstić information content (AvgIpc) is 2.16. The third-order valence-corrected chi connectivity index (χ3v) is 3.94. The summed E-state index contributed by atoms with van der Waals surface area (Å²) in [5.41, 5.74) is -0.649. The first kappa shape index (κ1) is 16.2. The summed E-state index contributed by atoms with van der Waals surface area (Å²) >= 11 is 0. The molecule has 19 heavy (non-hydrogen) atoms. The fourth-order valence-electron chi connectivity index (χ4n) is 1.80. The number of rotatable bonds is 2. The maximum Gasteiger partial charge on any atom is 0.407 e. The number of hydrogen-bond donors (Lipinski definition) is 1. The Labute approximate surface area is 113 Å². The highest BCUT2D eigenvalue weighted by molar-refractivity contribution is 7.88. The fraction of sp³-hybridized carbons (Fsp3) is 0.909. The SMILES string of the molecule is CC(C)(C)OC(=O)N[C@@H]1CCN(S(C)(=O)=O)CC1F. The molecule has 0 spiro atoms. The molecule has 1 amide bonds. The second-order valence-electron chi connectivity index (χ2n) is 5.68. The van der Waals surface area contributed by atoms with Crippen LogP contribution in [0.2, 0.25) is 0 Å². The monoisotopic (exact) mass is 296 g/mol. The summed E-state index contributed by atoms with van der Waals surface area (Å²) in [4.78, 5) is 11.5. The molecule has 1 unspecified atom stereocenters. The Balaban J connectivity index is 2.53. The molecule has 1 fully saturated rings. The van der Waals surface area contributed by atoms with E-state index in [1.807, 2.05) is 0 Å². The van der Waals surface area contributed by atoms with Crippen molar-refractivity contribution in [1.82, 2.24) is 9.62 Å². The molecular weight excluding hydrogens is 275 g/mol. The molecule has 0 radical (unpaired) electrons. The predicted octanol–water partition coefficient (Wildman–Crippen LogP) is 0.883. The standard InChI is InChI=1S/C11H21FN2O4S/c1-11(2,3)18-10(15)13-9-5-6-14(7-8(9)12)19(4,16)17/h8-9H,5-7H2,1-4H3,(H,13,15)/t8?,9-/m1/s1. The van der Waals surface area contributed by atoms with Gasteiger partial charge in [0.05, 0.1) is 12.3 Å². The van der Waals surface area contributed by atoms with Gasteiger partial charge in [0.15, 0.2) is 0 Å². The van der Waals surface area contributed by atoms with E-state index in [0.717, 1.165) is 10.6 Å². The Morgan fingerprint density at radius 2 is 2.00 bits per heavy atom. The van der Waals surface area contributed by atoms with Crippen molar-refractivity contribution in [2.75, 3.05) is 19.3 Å². The first-order valence-corrected chi connectivity index (χ1v) is 7.92. The van der Waals surface area contributed by atoms with Gasteiger partial charge in [-0.15, -0.1) is 0 Å². The van der Waals surface area contributed by atoms with Crippen molar-refractivity contribution < 1.29 is 22.3 Å². The summed E-state index contributed by atoms with van der Waals surface area (Å²) in [5.74, 6) is 0. The minimum absolute atomic E-state index is 0.194. The number of nitrogens with one attached hydrogen (secondary N) is 1. The number of sulfonamides is 1. The number of hydrogen-bond acceptors (Lipinski definition) is 4. The quantitative estimate of drug-likeness (QED) is 0.821. The van der Waals surface area contributed by atoms with Gasteiger partial charge in [0.2, 0.25) is 10.0 Å². The van der Waals surface area contributed by atoms with Gasteiger partial charge in [-0.1, -0.05) is 0 Å². The topological polar surface area (TPSA) is 75.7 Å². The average molecular weight is 296 g/mol. The Hall–Kier alpha value is -0.890. The molecule has 0 aromatic heterocycles. The highest BCUT2D eigenvalue weighted by Gasteiger charge is 2.34. The molecule has 8 heteroatoms. The zero-order chi connectivity index (χ0) is 14.8. The van der Waals surface area contributed by atoms with Crippen molar-refractivity contribution in [1.29, 1.82) is 0 Å². The second kappa shape index (κ2) is 5.62. The number of carbonyl (C=O) groups excluding carboxylic acids is 1. The van der Waals surface area contributed by atoms with Crippen LogP contribution in [0.15, 0.2) is 0 Å². The Bertz CT molecular complexity index is 432. The third kappa shape index (κ3) is 5.32. The van der Waals surface area contributed by atoms with Gasteiger partial charge in [-0.3, -0.25) is 0 Å². The lowest BCUT2D eigenvalue weighted by atomic mass is 10.1. The first-order chi connectivity index (χ1) is 8.49. The van der Waals surface area contributed by atoms with Crippen LogP contribution >= 0.6 is 0 Å². The maximum absolute atomic E-state index is 13.8. The van der Waals surface area contributed by atoms with Gasteiger partial charge in [0.25, 0.3) is 0 Å². The predicted molar refractivity (Wildman–Crippen MR) is 69.1 cm³/mol. The summed E-state index contributed by atoms with van der Waals surface area (Å²) < 4.78 is 42.5. The number of halogens is 1. The molecule has 0 aliphatic carbocycles. The molecule has 1 saturated heterocycles. The van der Waals surface area contributed by atoms with E-state index in [1.54, 1.807) is 20.8 Å². The summed E-state index contributed by atoms with van der Waals surface area (Å²) in [6.45, 7) is 5.10. The van der Waals surface area contributed by atoms with Crippen molar-refractivity contribution in [3.05, 3.63) is 0 Å². The molecule has 1 N–H and O–H groups in total. The lowest BCUT2D eigenvalue weighted by molar-refractivity contribution is 0.0438. The summed E-state index contributed by atoms with van der Waals surface area (Å²) in [6, 6.07) is -0.715. The Morgan fingerprint density at radius 3 is 2.42 bits per heavy atom. The van der Waals surface area contributed by atoms with Crippen LogP contribution in [0.5, 0.6) is 0 Å². The van der Waals surface area contributed by atoms with Crippen molar-refractivity contribution >= 4 is 16.1 Å². The molecule has 0 aromatic carbocycles. The third-order valence-electron chi connectivity index (χ3n) is 2.68. The van der Waals surface area contributed by atoms with E-state index in [0.29, 0.717) is 0 Å². The zero-order valence-corrected chi connectivity index (χ0v) is 12.5. The number of amides is 1. The summed E-state index contributed by atoms with van der Waals surface area (Å²) in [5, 5.41) is 2.44. The van der Waals surface area contributed by atoms with E-state index in [-0.39, 0.29) is 19.5 Å². The molecule has 6 nitrogen and oxygen atoms in total. The number of alkyl halides is 1. The number of carbonyl (C=O) groups is 1. The van der Waals surface area contributed by atoms with Crippen LogP contribution in [0.4, 0.5) is 9.18 Å². The molecule has 0 aromatic rings. The van der Waals surface area contributed by atoms with Crippen LogP contribution in [-0.2, 0) is 14.8 Å². The van der Waals surface area contributed by atoms with Gasteiger partial charge < -0.3 is 10.1 Å². The van der Waals surface area contributed by atoms with Crippen molar-refractivity contribution in [3.8, 4) is 0 Å². The van der Waals surface area contributed by atoms with Gasteiger partial charge in [0.1, 0.15) is 11.8 Å². The zero-order valence-electron chi connectivity index (χ0n) is 11.6. The normalized spacial score (nSPS) is 25.9. The van der Waals surface area contributed by atoms with Crippen molar-refractivity contribution in [3.63, 3.8) is 0 Å². The molecule has 112 valence electrons. The first-order valence-electron chi connectivity index (χ1n) is 6.08. The molecule has 1 heterocycles. The lowest BCUT2D eigenvalue weighted by Crippen LogP contribution is -2.54. The molecule has 1 rings (SSSR count). The van der Waals surface area contributed by atoms with Crippen LogP contribution in [0.3, 0.4) is 0 Å². The number of piperidine rings is 1. The van der Waals surface area contributed by atoms with E-state index in [1.165, 1.54) is 0 Å². The molecular formula is C11H21FN2O4S. The van der Waals surface area contributed by atoms with E-state index < -0.39 is 33.9 Å². The van der Waals surface area contributed by atoms with E-state index >= 15 is 0 Å². The van der Waals surface area contributed by atoms with E-state index in [9.17, 15) is 17.6 Å². The van der Waals surface area contributed by atoms with Crippen LogP contribution < -0.4 is 5.32 Å². The highest BCUT2D eigenvalue weighted by atomic mass is 32.2. The maximum atomic E-state index is 13.8. The van der Waals surface area contributed by atoms with Crippen LogP contribution in [0.25, 0.3) is 0 Å². The Kier molecular flexibility index (Phi) is 4.78. The number of nitrogens with zero attached hydrogens (tertiary/aromatic N) is 1. The van der Waals surface area contributed by atoms with E-state index in [4.69, 9.17) is 4.74 Å². The fourth-order valence-corrected chi connectivity index (χ4v) is 2.65. The van der Waals surface area contributed by atoms with Crippen LogP contribution in [0.1, 0.15) is 27.2 Å². The molecule has 0 saturated carbocycles. The smallest absolute Gasteiger partial charge is 0.407 e. The van der Waals surface area contributed by atoms with Crippen LogP contribution in [-0.4, -0.2) is 56.0 Å². The van der Waals surface area contributed by atoms with Crippen LogP contribution in [0, 0.1) is 0 Å². The van der Waals surface area contributed by atoms with Gasteiger partial charge >= 0.3 is 6.09 Å². The van der Waals surface area contributed by atoms with Gasteiger partial charge in [-0.25, -0.2) is 17.6 Å². The minimum Gasteiger partial charge on any atom is -0.444 e. The lowest BCUT2D eigenvalue weighted by Gasteiger charge is -2.33. The molecule has 1 aliphatic rings. The number of alkyl carbamates (subject to hydrolysis) is 1. The largest absolute Gasteiger partial charge is 0.444 e. The summed E-state index contributed by atoms with van der Waals surface area (Å²) in [7, 11) is -3.39. The number of ether oxygens (including phenoxy) is 1. The van der Waals surface area contributed by atoms with Gasteiger partial charge in [0, 0.05) is 13.1 Å². The molecule has 1 aliphatic heterocycles. The Morgan fingerprint density at radius 1 is 1.42 bits per heavy atom. The second-order valence-corrected chi connectivity index (χ2v) is 7.66. The minimum atomic E-state index is -3.39. The van der Waals surface area contributed by atoms with Gasteiger partial charge in [-0.2, -0.15) is 4.31 Å². The summed E-state index contributed by atoms with van der Waals surface area (Å²) in [6.07, 6.45) is -0.849. The van der Waals surface area contributed by atoms with Crippen molar-refractivity contribution in [2.45, 2.75) is 45.0 Å². The van der Waals surface area contributed by atoms with Gasteiger partial charge in [-0.05, 0) is 27.2 Å². The molecule has 2 atom stereocenters. The van der Waals surface area contributed by atoms with Crippen molar-refractivity contribution in [2.24, 2.45) is 0 Å².